The summed E-state index contributed by atoms with van der Waals surface area (Å²) >= 11 is 0. The number of aromatic hydroxyl groups is 1. The van der Waals surface area contributed by atoms with E-state index in [0.717, 1.165) is 16.8 Å². The second kappa shape index (κ2) is 8.02. The third kappa shape index (κ3) is 3.60. The lowest BCUT2D eigenvalue weighted by atomic mass is 10.0. The van der Waals surface area contributed by atoms with Crippen molar-refractivity contribution < 1.29 is 14.6 Å². The average molecular weight is 381 g/mol. The van der Waals surface area contributed by atoms with E-state index in [1.54, 1.807) is 25.4 Å². The minimum Gasteiger partial charge on any atom is -0.507 e. The van der Waals surface area contributed by atoms with Crippen molar-refractivity contribution in [2.75, 3.05) is 20.7 Å². The number of carbonyl (C=O) groups is 1. The molecular weight excluding hydrogens is 354 g/mol. The van der Waals surface area contributed by atoms with Crippen LogP contribution in [0.1, 0.15) is 42.9 Å². The quantitative estimate of drug-likeness (QED) is 0.647. The zero-order valence-electron chi connectivity index (χ0n) is 17.1. The van der Waals surface area contributed by atoms with E-state index < -0.39 is 0 Å². The molecule has 0 aliphatic rings. The van der Waals surface area contributed by atoms with Crippen LogP contribution in [0.5, 0.6) is 5.75 Å². The lowest BCUT2D eigenvalue weighted by Crippen LogP contribution is -2.19. The molecule has 3 aromatic rings. The first-order chi connectivity index (χ1) is 13.3. The first-order valence-corrected chi connectivity index (χ1v) is 9.47. The molecule has 6 nitrogen and oxygen atoms in total. The number of ether oxygens (including phenoxy) is 1. The van der Waals surface area contributed by atoms with Crippen LogP contribution in [-0.2, 0) is 11.3 Å². The maximum Gasteiger partial charge on any atom is 0.340 e. The molecule has 0 aliphatic heterocycles. The highest BCUT2D eigenvalue weighted by molar-refractivity contribution is 6.07. The second-order valence-electron chi connectivity index (χ2n) is 7.37. The summed E-state index contributed by atoms with van der Waals surface area (Å²) in [4.78, 5) is 19.0. The van der Waals surface area contributed by atoms with Crippen LogP contribution in [0.15, 0.2) is 36.7 Å². The largest absolute Gasteiger partial charge is 0.507 e. The molecule has 1 N–H and O–H groups in total. The summed E-state index contributed by atoms with van der Waals surface area (Å²) in [5.74, 6) is -0.249. The van der Waals surface area contributed by atoms with Gasteiger partial charge in [0.1, 0.15) is 5.75 Å². The van der Waals surface area contributed by atoms with Gasteiger partial charge in [-0.1, -0.05) is 6.07 Å². The number of esters is 1. The summed E-state index contributed by atoms with van der Waals surface area (Å²) < 4.78 is 7.50. The van der Waals surface area contributed by atoms with Gasteiger partial charge in [0, 0.05) is 47.2 Å². The average Bonchev–Trinajstić information content (AvgIpc) is 2.94. The van der Waals surface area contributed by atoms with Crippen molar-refractivity contribution in [2.45, 2.75) is 33.4 Å². The molecule has 28 heavy (non-hydrogen) atoms. The number of carbonyl (C=O) groups excluding carboxylic acids is 1. The summed E-state index contributed by atoms with van der Waals surface area (Å²) in [5.41, 5.74) is 3.81. The van der Waals surface area contributed by atoms with Crippen LogP contribution in [0.2, 0.25) is 0 Å². The zero-order chi connectivity index (χ0) is 20.4. The molecule has 0 aliphatic carbocycles. The van der Waals surface area contributed by atoms with E-state index in [1.807, 2.05) is 37.2 Å². The predicted octanol–water partition coefficient (Wildman–Crippen LogP) is 4.23. The van der Waals surface area contributed by atoms with Gasteiger partial charge in [-0.05, 0) is 53.1 Å². The lowest BCUT2D eigenvalue weighted by molar-refractivity contribution is 0.0526. The molecule has 0 fully saturated rings. The Morgan fingerprint density at radius 2 is 2.07 bits per heavy atom. The van der Waals surface area contributed by atoms with Gasteiger partial charge in [-0.2, -0.15) is 0 Å². The highest BCUT2D eigenvalue weighted by atomic mass is 16.5. The molecule has 6 heteroatoms. The normalized spacial score (nSPS) is 11.5. The molecule has 2 aromatic heterocycles. The molecule has 3 rings (SSSR count). The minimum absolute atomic E-state index is 0.114. The Morgan fingerprint density at radius 3 is 2.64 bits per heavy atom. The Hall–Kier alpha value is -2.86. The van der Waals surface area contributed by atoms with E-state index >= 15 is 0 Å². The van der Waals surface area contributed by atoms with Crippen LogP contribution in [0.3, 0.4) is 0 Å². The number of hydrogen-bond donors (Lipinski definition) is 1. The Balaban J connectivity index is 2.36. The number of nitrogens with zero attached hydrogens (tertiary/aromatic N) is 3. The van der Waals surface area contributed by atoms with Gasteiger partial charge in [0.2, 0.25) is 0 Å². The molecule has 0 atom stereocenters. The maximum atomic E-state index is 12.8. The van der Waals surface area contributed by atoms with Gasteiger partial charge in [-0.15, -0.1) is 0 Å². The molecule has 0 saturated heterocycles. The van der Waals surface area contributed by atoms with Gasteiger partial charge in [-0.3, -0.25) is 4.98 Å². The molecule has 0 spiro atoms. The molecule has 0 amide bonds. The number of pyridine rings is 1. The molecule has 0 saturated carbocycles. The van der Waals surface area contributed by atoms with Gasteiger partial charge >= 0.3 is 5.97 Å². The number of hydrogen-bond acceptors (Lipinski definition) is 5. The molecule has 0 unspecified atom stereocenters. The fourth-order valence-electron chi connectivity index (χ4n) is 3.63. The monoisotopic (exact) mass is 381 g/mol. The van der Waals surface area contributed by atoms with Gasteiger partial charge in [0.15, 0.2) is 0 Å². The summed E-state index contributed by atoms with van der Waals surface area (Å²) in [6.45, 7) is 6.86. The van der Waals surface area contributed by atoms with Crippen LogP contribution in [-0.4, -0.2) is 46.2 Å². The highest BCUT2D eigenvalue weighted by Gasteiger charge is 2.26. The lowest BCUT2D eigenvalue weighted by Gasteiger charge is -2.18. The number of phenolic OH excluding ortho intramolecular Hbond substituents is 1. The topological polar surface area (TPSA) is 67.6 Å². The fraction of sp³-hybridized carbons (Fsp3) is 0.364. The van der Waals surface area contributed by atoms with Gasteiger partial charge in [0.05, 0.1) is 17.7 Å². The third-order valence-corrected chi connectivity index (χ3v) is 4.66. The smallest absolute Gasteiger partial charge is 0.340 e. The summed E-state index contributed by atoms with van der Waals surface area (Å²) in [5, 5.41) is 11.4. The molecule has 148 valence electrons. The molecule has 0 bridgehead atoms. The predicted molar refractivity (Wildman–Crippen MR) is 111 cm³/mol. The number of aromatic nitrogens is 2. The van der Waals surface area contributed by atoms with Crippen LogP contribution in [0, 0.1) is 0 Å². The highest BCUT2D eigenvalue weighted by Crippen LogP contribution is 2.38. The van der Waals surface area contributed by atoms with Crippen LogP contribution in [0.4, 0.5) is 0 Å². The van der Waals surface area contributed by atoms with Crippen molar-refractivity contribution in [1.29, 1.82) is 0 Å². The summed E-state index contributed by atoms with van der Waals surface area (Å²) in [6, 6.07) is 7.48. The Bertz CT molecular complexity index is 991. The van der Waals surface area contributed by atoms with Crippen LogP contribution < -0.4 is 0 Å². The summed E-state index contributed by atoms with van der Waals surface area (Å²) in [6.07, 6.45) is 3.42. The molecular formula is C22H27N3O3. The number of benzene rings is 1. The maximum absolute atomic E-state index is 12.8. The number of phenols is 1. The van der Waals surface area contributed by atoms with Crippen molar-refractivity contribution in [3.8, 4) is 16.9 Å². The van der Waals surface area contributed by atoms with E-state index in [4.69, 9.17) is 4.74 Å². The molecule has 2 heterocycles. The Labute approximate surface area is 165 Å². The van der Waals surface area contributed by atoms with Crippen molar-refractivity contribution >= 4 is 16.9 Å². The van der Waals surface area contributed by atoms with Gasteiger partial charge < -0.3 is 19.3 Å². The zero-order valence-corrected chi connectivity index (χ0v) is 17.1. The van der Waals surface area contributed by atoms with Crippen molar-refractivity contribution in [3.05, 3.63) is 47.9 Å². The fourth-order valence-corrected chi connectivity index (χ4v) is 3.63. The van der Waals surface area contributed by atoms with E-state index in [9.17, 15) is 9.90 Å². The van der Waals surface area contributed by atoms with Crippen molar-refractivity contribution in [1.82, 2.24) is 14.5 Å². The summed E-state index contributed by atoms with van der Waals surface area (Å²) in [7, 11) is 3.94. The van der Waals surface area contributed by atoms with E-state index in [1.165, 1.54) is 0 Å². The van der Waals surface area contributed by atoms with E-state index in [-0.39, 0.29) is 17.8 Å². The molecule has 0 radical (unpaired) electrons. The van der Waals surface area contributed by atoms with Crippen molar-refractivity contribution in [2.24, 2.45) is 0 Å². The second-order valence-corrected chi connectivity index (χ2v) is 7.37. The number of fused-ring (bicyclic) bond motifs is 1. The van der Waals surface area contributed by atoms with Crippen LogP contribution >= 0.6 is 0 Å². The SMILES string of the molecule is CCOC(=O)c1c(CN(C)C)n(C(C)C)c2cc(-c3cccnc3)c(O)cc12. The Morgan fingerprint density at radius 1 is 1.32 bits per heavy atom. The number of rotatable bonds is 6. The van der Waals surface area contributed by atoms with E-state index in [0.29, 0.717) is 29.7 Å². The van der Waals surface area contributed by atoms with E-state index in [2.05, 4.69) is 23.4 Å². The van der Waals surface area contributed by atoms with Crippen molar-refractivity contribution in [3.63, 3.8) is 0 Å². The molecule has 1 aromatic carbocycles. The first kappa shape index (κ1) is 19.9. The first-order valence-electron chi connectivity index (χ1n) is 9.47. The van der Waals surface area contributed by atoms with Gasteiger partial charge in [-0.25, -0.2) is 4.79 Å². The van der Waals surface area contributed by atoms with Gasteiger partial charge in [0.25, 0.3) is 0 Å². The van der Waals surface area contributed by atoms with Crippen LogP contribution in [0.25, 0.3) is 22.0 Å². The Kier molecular flexibility index (Phi) is 5.70. The third-order valence-electron chi connectivity index (χ3n) is 4.66. The standard InChI is InChI=1S/C22H27N3O3/c1-6-28-22(27)21-17-11-20(26)16(15-8-7-9-23-12-15)10-18(17)25(14(2)3)19(21)13-24(4)5/h7-12,14,26H,6,13H2,1-5H3. The minimum atomic E-state index is -0.364.